The number of carbonyl (C=O) groups excluding carboxylic acids is 1. The molecule has 90 valence electrons. The minimum atomic E-state index is 0.175. The average Bonchev–Trinajstić information content (AvgIpc) is 2.98. The lowest BCUT2D eigenvalue weighted by atomic mass is 10.2. The van der Waals surface area contributed by atoms with Gasteiger partial charge in [-0.1, -0.05) is 6.07 Å². The summed E-state index contributed by atoms with van der Waals surface area (Å²) in [5.41, 5.74) is 0. The van der Waals surface area contributed by atoms with E-state index in [2.05, 4.69) is 11.1 Å². The molecular weight excluding hydrogens is 252 g/mol. The maximum Gasteiger partial charge on any atom is 0.223 e. The van der Waals surface area contributed by atoms with Crippen molar-refractivity contribution in [2.45, 2.75) is 19.4 Å². The molecule has 0 radical (unpaired) electrons. The predicted octanol–water partition coefficient (Wildman–Crippen LogP) is 2.80. The van der Waals surface area contributed by atoms with Crippen molar-refractivity contribution >= 4 is 28.6 Å². The number of amides is 1. The second-order valence-electron chi connectivity index (χ2n) is 3.76. The van der Waals surface area contributed by atoms with E-state index in [-0.39, 0.29) is 5.91 Å². The number of aromatic nitrogens is 1. The van der Waals surface area contributed by atoms with E-state index >= 15 is 0 Å². The van der Waals surface area contributed by atoms with Gasteiger partial charge in [0.1, 0.15) is 5.01 Å². The first-order chi connectivity index (χ1) is 8.25. The van der Waals surface area contributed by atoms with Crippen molar-refractivity contribution < 1.29 is 4.79 Å². The van der Waals surface area contributed by atoms with Crippen LogP contribution in [0.25, 0.3) is 0 Å². The van der Waals surface area contributed by atoms with Crippen LogP contribution in [0, 0.1) is 0 Å². The summed E-state index contributed by atoms with van der Waals surface area (Å²) in [6.45, 7) is 0.612. The van der Waals surface area contributed by atoms with Crippen LogP contribution in [0.2, 0.25) is 0 Å². The zero-order valence-electron chi connectivity index (χ0n) is 9.63. The van der Waals surface area contributed by atoms with Crippen molar-refractivity contribution in [3.05, 3.63) is 39.0 Å². The summed E-state index contributed by atoms with van der Waals surface area (Å²) in [6, 6.07) is 4.09. The fourth-order valence-corrected chi connectivity index (χ4v) is 2.88. The van der Waals surface area contributed by atoms with E-state index in [1.54, 1.807) is 33.8 Å². The Hall–Kier alpha value is -1.20. The van der Waals surface area contributed by atoms with Gasteiger partial charge in [0, 0.05) is 29.9 Å². The Kier molecular flexibility index (Phi) is 4.28. The van der Waals surface area contributed by atoms with Crippen molar-refractivity contribution in [3.63, 3.8) is 0 Å². The van der Waals surface area contributed by atoms with Crippen molar-refractivity contribution in [2.75, 3.05) is 7.05 Å². The van der Waals surface area contributed by atoms with Crippen LogP contribution < -0.4 is 0 Å². The third-order valence-corrected chi connectivity index (χ3v) is 4.15. The zero-order chi connectivity index (χ0) is 12.1. The largest absolute Gasteiger partial charge is 0.339 e. The zero-order valence-corrected chi connectivity index (χ0v) is 11.3. The molecule has 0 aromatic carbocycles. The van der Waals surface area contributed by atoms with Gasteiger partial charge in [0.15, 0.2) is 0 Å². The Labute approximate surface area is 109 Å². The number of hydrogen-bond donors (Lipinski definition) is 0. The second-order valence-corrected chi connectivity index (χ2v) is 5.77. The topological polar surface area (TPSA) is 33.2 Å². The Morgan fingerprint density at radius 1 is 1.41 bits per heavy atom. The van der Waals surface area contributed by atoms with Crippen molar-refractivity contribution in [3.8, 4) is 0 Å². The van der Waals surface area contributed by atoms with Gasteiger partial charge >= 0.3 is 0 Å². The van der Waals surface area contributed by atoms with Crippen LogP contribution in [0.1, 0.15) is 16.3 Å². The maximum atomic E-state index is 11.9. The van der Waals surface area contributed by atoms with Crippen LogP contribution in [-0.2, 0) is 17.8 Å². The third-order valence-electron chi connectivity index (χ3n) is 2.45. The molecule has 0 aliphatic rings. The fourth-order valence-electron chi connectivity index (χ4n) is 1.50. The molecule has 0 atom stereocenters. The molecule has 0 spiro atoms. The van der Waals surface area contributed by atoms with Gasteiger partial charge < -0.3 is 4.90 Å². The highest BCUT2D eigenvalue weighted by molar-refractivity contribution is 7.10. The second kappa shape index (κ2) is 5.93. The summed E-state index contributed by atoms with van der Waals surface area (Å²) < 4.78 is 0. The molecule has 1 amide bonds. The maximum absolute atomic E-state index is 11.9. The van der Waals surface area contributed by atoms with Crippen LogP contribution in [0.5, 0.6) is 0 Å². The molecule has 2 aromatic heterocycles. The first-order valence-electron chi connectivity index (χ1n) is 5.40. The molecule has 3 nitrogen and oxygen atoms in total. The molecule has 2 heterocycles. The van der Waals surface area contributed by atoms with E-state index in [1.165, 1.54) is 4.88 Å². The van der Waals surface area contributed by atoms with E-state index in [1.807, 2.05) is 23.9 Å². The number of aryl methyl sites for hydroxylation is 1. The number of rotatable bonds is 5. The van der Waals surface area contributed by atoms with Crippen LogP contribution in [0.3, 0.4) is 0 Å². The number of carbonyl (C=O) groups is 1. The van der Waals surface area contributed by atoms with Gasteiger partial charge in [-0.15, -0.1) is 22.7 Å². The Balaban J connectivity index is 1.79. The molecule has 0 saturated heterocycles. The van der Waals surface area contributed by atoms with Gasteiger partial charge in [0.25, 0.3) is 0 Å². The smallest absolute Gasteiger partial charge is 0.223 e. The Morgan fingerprint density at radius 3 is 2.94 bits per heavy atom. The Bertz CT molecular complexity index is 451. The predicted molar refractivity (Wildman–Crippen MR) is 71.2 cm³/mol. The van der Waals surface area contributed by atoms with Crippen molar-refractivity contribution in [2.24, 2.45) is 0 Å². The van der Waals surface area contributed by atoms with Gasteiger partial charge in [-0.3, -0.25) is 4.79 Å². The highest BCUT2D eigenvalue weighted by atomic mass is 32.1. The highest BCUT2D eigenvalue weighted by Gasteiger charge is 2.10. The number of thiophene rings is 1. The third kappa shape index (κ3) is 3.64. The first kappa shape index (κ1) is 12.3. The summed E-state index contributed by atoms with van der Waals surface area (Å²) in [7, 11) is 1.83. The van der Waals surface area contributed by atoms with E-state index in [9.17, 15) is 4.79 Å². The molecule has 0 fully saturated rings. The lowest BCUT2D eigenvalue weighted by Gasteiger charge is -2.15. The van der Waals surface area contributed by atoms with Gasteiger partial charge in [-0.25, -0.2) is 4.98 Å². The van der Waals surface area contributed by atoms with E-state index in [4.69, 9.17) is 0 Å². The summed E-state index contributed by atoms with van der Waals surface area (Å²) in [4.78, 5) is 19.1. The van der Waals surface area contributed by atoms with Gasteiger partial charge in [-0.05, 0) is 17.9 Å². The normalized spacial score (nSPS) is 10.4. The average molecular weight is 266 g/mol. The van der Waals surface area contributed by atoms with E-state index < -0.39 is 0 Å². The fraction of sp³-hybridized carbons (Fsp3) is 0.333. The van der Waals surface area contributed by atoms with Crippen LogP contribution in [-0.4, -0.2) is 22.8 Å². The van der Waals surface area contributed by atoms with E-state index in [0.29, 0.717) is 13.0 Å². The summed E-state index contributed by atoms with van der Waals surface area (Å²) in [6.07, 6.45) is 3.17. The standard InChI is InChI=1S/C12H14N2OS2/c1-14(9-11-13-6-8-17-11)12(15)5-4-10-3-2-7-16-10/h2-3,6-8H,4-5,9H2,1H3. The molecule has 0 saturated carbocycles. The lowest BCUT2D eigenvalue weighted by molar-refractivity contribution is -0.130. The minimum absolute atomic E-state index is 0.175. The van der Waals surface area contributed by atoms with Gasteiger partial charge in [0.2, 0.25) is 5.91 Å². The SMILES string of the molecule is CN(Cc1nccs1)C(=O)CCc1cccs1. The summed E-state index contributed by atoms with van der Waals surface area (Å²) in [5.74, 6) is 0.175. The van der Waals surface area contributed by atoms with Gasteiger partial charge in [-0.2, -0.15) is 0 Å². The number of hydrogen-bond acceptors (Lipinski definition) is 4. The molecule has 0 N–H and O–H groups in total. The molecule has 0 unspecified atom stereocenters. The van der Waals surface area contributed by atoms with Crippen molar-refractivity contribution in [1.82, 2.24) is 9.88 Å². The number of nitrogens with zero attached hydrogens (tertiary/aromatic N) is 2. The first-order valence-corrected chi connectivity index (χ1v) is 7.16. The molecule has 0 aliphatic heterocycles. The minimum Gasteiger partial charge on any atom is -0.339 e. The molecule has 0 bridgehead atoms. The van der Waals surface area contributed by atoms with E-state index in [0.717, 1.165) is 11.4 Å². The Morgan fingerprint density at radius 2 is 2.29 bits per heavy atom. The van der Waals surface area contributed by atoms with Crippen LogP contribution in [0.4, 0.5) is 0 Å². The molecule has 0 aliphatic carbocycles. The molecule has 5 heteroatoms. The number of thiazole rings is 1. The molecule has 2 aromatic rings. The lowest BCUT2D eigenvalue weighted by Crippen LogP contribution is -2.26. The molecular formula is C12H14N2OS2. The van der Waals surface area contributed by atoms with Crippen molar-refractivity contribution in [1.29, 1.82) is 0 Å². The van der Waals surface area contributed by atoms with Gasteiger partial charge in [0.05, 0.1) is 6.54 Å². The van der Waals surface area contributed by atoms with Crippen LogP contribution in [0.15, 0.2) is 29.1 Å². The van der Waals surface area contributed by atoms with Crippen LogP contribution >= 0.6 is 22.7 Å². The highest BCUT2D eigenvalue weighted by Crippen LogP contribution is 2.13. The quantitative estimate of drug-likeness (QED) is 0.833. The monoisotopic (exact) mass is 266 g/mol. The summed E-state index contributed by atoms with van der Waals surface area (Å²) >= 11 is 3.28. The summed E-state index contributed by atoms with van der Waals surface area (Å²) in [5, 5.41) is 4.95. The molecule has 17 heavy (non-hydrogen) atoms. The molecule has 2 rings (SSSR count).